The molecule has 1 nitrogen and oxygen atoms in total. The molecule has 0 amide bonds. The molecule has 0 aliphatic rings. The lowest BCUT2D eigenvalue weighted by Gasteiger charge is -2.10. The van der Waals surface area contributed by atoms with E-state index in [1.807, 2.05) is 0 Å². The third-order valence-corrected chi connectivity index (χ3v) is 1.66. The van der Waals surface area contributed by atoms with Crippen LogP contribution in [0.3, 0.4) is 0 Å². The lowest BCUT2D eigenvalue weighted by molar-refractivity contribution is -0.274. The van der Waals surface area contributed by atoms with Crippen LogP contribution in [0.1, 0.15) is 5.56 Å². The minimum absolute atomic E-state index is 0.129. The van der Waals surface area contributed by atoms with Crippen LogP contribution in [-0.4, -0.2) is 6.36 Å². The van der Waals surface area contributed by atoms with E-state index in [0.717, 1.165) is 6.07 Å². The fourth-order valence-corrected chi connectivity index (χ4v) is 1.04. The van der Waals surface area contributed by atoms with Crippen molar-refractivity contribution in [2.75, 3.05) is 0 Å². The largest absolute Gasteiger partial charge is 0.573 e. The predicted molar refractivity (Wildman–Crippen MR) is 46.1 cm³/mol. The first kappa shape index (κ1) is 10.9. The number of alkyl halides is 3. The van der Waals surface area contributed by atoms with Crippen LogP contribution in [0.5, 0.6) is 5.75 Å². The van der Waals surface area contributed by atoms with Gasteiger partial charge in [0.2, 0.25) is 0 Å². The third-order valence-electron chi connectivity index (χ3n) is 1.36. The monoisotopic (exact) mass is 221 g/mol. The second-order valence-electron chi connectivity index (χ2n) is 2.37. The predicted octanol–water partition coefficient (Wildman–Crippen LogP) is 3.58. The topological polar surface area (TPSA) is 9.23 Å². The van der Waals surface area contributed by atoms with Gasteiger partial charge < -0.3 is 4.74 Å². The zero-order chi connectivity index (χ0) is 10.8. The number of hydrogen-bond acceptors (Lipinski definition) is 1. The Kier molecular flexibility index (Phi) is 3.06. The van der Waals surface area contributed by atoms with E-state index in [1.54, 1.807) is 0 Å². The van der Waals surface area contributed by atoms with Gasteiger partial charge in [0.1, 0.15) is 5.75 Å². The molecule has 0 aromatic heterocycles. The average Bonchev–Trinajstić information content (AvgIpc) is 2.06. The highest BCUT2D eigenvalue weighted by atomic mass is 35.5. The highest BCUT2D eigenvalue weighted by Gasteiger charge is 2.31. The zero-order valence-corrected chi connectivity index (χ0v) is 7.62. The molecular weight excluding hydrogens is 217 g/mol. The van der Waals surface area contributed by atoms with Crippen LogP contribution in [0.25, 0.3) is 0 Å². The Labute approximate surface area is 83.8 Å². The number of rotatable bonds is 2. The summed E-state index contributed by atoms with van der Waals surface area (Å²) in [6, 6.07) is 3.78. The van der Waals surface area contributed by atoms with Crippen LogP contribution in [0, 0.1) is 6.08 Å². The van der Waals surface area contributed by atoms with E-state index < -0.39 is 12.1 Å². The Hall–Kier alpha value is -1.16. The third kappa shape index (κ3) is 2.96. The Morgan fingerprint density at radius 2 is 2.00 bits per heavy atom. The quantitative estimate of drug-likeness (QED) is 0.742. The molecule has 1 radical (unpaired) electrons. The highest BCUT2D eigenvalue weighted by Crippen LogP contribution is 2.30. The van der Waals surface area contributed by atoms with Crippen molar-refractivity contribution in [1.82, 2.24) is 0 Å². The Morgan fingerprint density at radius 1 is 1.36 bits per heavy atom. The minimum Gasteiger partial charge on any atom is -0.404 e. The lowest BCUT2D eigenvalue weighted by Crippen LogP contribution is -2.17. The van der Waals surface area contributed by atoms with Gasteiger partial charge in [-0.05, 0) is 23.8 Å². The Bertz CT molecular complexity index is 346. The molecule has 1 rings (SSSR count). The van der Waals surface area contributed by atoms with E-state index in [1.165, 1.54) is 12.1 Å². The van der Waals surface area contributed by atoms with Crippen LogP contribution in [-0.2, 0) is 0 Å². The standard InChI is InChI=1S/C9H5ClF3O/c1-2-6-3-4-8(7(10)5-6)14-9(11,12)13/h3-5H,1H2. The molecule has 0 aliphatic carbocycles. The molecule has 0 saturated heterocycles. The smallest absolute Gasteiger partial charge is 0.404 e. The maximum atomic E-state index is 11.8. The number of halogens is 4. The average molecular weight is 222 g/mol. The molecule has 0 fully saturated rings. The van der Waals surface area contributed by atoms with Crippen LogP contribution in [0.2, 0.25) is 5.02 Å². The van der Waals surface area contributed by atoms with Gasteiger partial charge in [0.25, 0.3) is 0 Å². The molecule has 0 unspecified atom stereocenters. The van der Waals surface area contributed by atoms with Crippen molar-refractivity contribution in [3.63, 3.8) is 0 Å². The number of hydrogen-bond donors (Lipinski definition) is 0. The molecule has 75 valence electrons. The van der Waals surface area contributed by atoms with Crippen LogP contribution >= 0.6 is 11.6 Å². The molecule has 0 bridgehead atoms. The highest BCUT2D eigenvalue weighted by molar-refractivity contribution is 6.32. The van der Waals surface area contributed by atoms with Gasteiger partial charge in [-0.2, -0.15) is 0 Å². The van der Waals surface area contributed by atoms with E-state index >= 15 is 0 Å². The van der Waals surface area contributed by atoms with Gasteiger partial charge in [-0.25, -0.2) is 0 Å². The molecule has 1 aromatic carbocycles. The van der Waals surface area contributed by atoms with Crippen molar-refractivity contribution < 1.29 is 17.9 Å². The summed E-state index contributed by atoms with van der Waals surface area (Å²) >= 11 is 5.52. The first-order valence-corrected chi connectivity index (χ1v) is 3.88. The summed E-state index contributed by atoms with van der Waals surface area (Å²) in [7, 11) is 0. The number of ether oxygens (including phenoxy) is 1. The first-order valence-electron chi connectivity index (χ1n) is 3.51. The van der Waals surface area contributed by atoms with Crippen molar-refractivity contribution in [2.24, 2.45) is 0 Å². The second kappa shape index (κ2) is 3.92. The SMILES string of the molecule is C=[C]c1ccc(OC(F)(F)F)c(Cl)c1. The van der Waals surface area contributed by atoms with Gasteiger partial charge in [0.15, 0.2) is 0 Å². The molecule has 0 saturated carbocycles. The van der Waals surface area contributed by atoms with Gasteiger partial charge in [0, 0.05) is 0 Å². The molecule has 5 heteroatoms. The lowest BCUT2D eigenvalue weighted by atomic mass is 10.2. The molecule has 14 heavy (non-hydrogen) atoms. The van der Waals surface area contributed by atoms with Gasteiger partial charge in [-0.3, -0.25) is 0 Å². The first-order chi connectivity index (χ1) is 6.42. The fourth-order valence-electron chi connectivity index (χ4n) is 0.818. The molecular formula is C9H5ClF3O. The van der Waals surface area contributed by atoms with Crippen LogP contribution in [0.4, 0.5) is 13.2 Å². The Morgan fingerprint density at radius 3 is 2.43 bits per heavy atom. The van der Waals surface area contributed by atoms with Crippen LogP contribution in [0.15, 0.2) is 24.8 Å². The zero-order valence-electron chi connectivity index (χ0n) is 6.86. The summed E-state index contributed by atoms with van der Waals surface area (Å²) in [5.74, 6) is -0.432. The van der Waals surface area contributed by atoms with E-state index in [9.17, 15) is 13.2 Å². The van der Waals surface area contributed by atoms with Crippen molar-refractivity contribution in [2.45, 2.75) is 6.36 Å². The summed E-state index contributed by atoms with van der Waals surface area (Å²) in [6.45, 7) is 3.33. The van der Waals surface area contributed by atoms with Crippen molar-refractivity contribution in [3.8, 4) is 5.75 Å². The second-order valence-corrected chi connectivity index (χ2v) is 2.78. The molecule has 0 N–H and O–H groups in total. The summed E-state index contributed by atoms with van der Waals surface area (Å²) in [5.41, 5.74) is 0.504. The maximum absolute atomic E-state index is 11.8. The minimum atomic E-state index is -4.73. The maximum Gasteiger partial charge on any atom is 0.573 e. The van der Waals surface area contributed by atoms with Gasteiger partial charge >= 0.3 is 6.36 Å². The molecule has 0 aliphatic heterocycles. The molecule has 0 heterocycles. The van der Waals surface area contributed by atoms with Gasteiger partial charge in [0.05, 0.1) is 5.02 Å². The van der Waals surface area contributed by atoms with Gasteiger partial charge in [-0.1, -0.05) is 24.2 Å². The van der Waals surface area contributed by atoms with Crippen molar-refractivity contribution in [3.05, 3.63) is 41.4 Å². The molecule has 0 atom stereocenters. The summed E-state index contributed by atoms with van der Waals surface area (Å²) in [4.78, 5) is 0. The fraction of sp³-hybridized carbons (Fsp3) is 0.111. The Balaban J connectivity index is 2.95. The van der Waals surface area contributed by atoms with E-state index in [4.69, 9.17) is 11.6 Å². The number of benzene rings is 1. The van der Waals surface area contributed by atoms with E-state index in [0.29, 0.717) is 5.56 Å². The normalized spacial score (nSPS) is 11.1. The summed E-state index contributed by atoms with van der Waals surface area (Å²) in [5, 5.41) is -0.129. The van der Waals surface area contributed by atoms with Gasteiger partial charge in [-0.15, -0.1) is 13.2 Å². The van der Waals surface area contributed by atoms with Crippen molar-refractivity contribution in [1.29, 1.82) is 0 Å². The van der Waals surface area contributed by atoms with E-state index in [2.05, 4.69) is 17.4 Å². The van der Waals surface area contributed by atoms with E-state index in [-0.39, 0.29) is 5.02 Å². The molecule has 0 spiro atoms. The summed E-state index contributed by atoms with van der Waals surface area (Å²) < 4.78 is 39.0. The molecule has 1 aromatic rings. The summed E-state index contributed by atoms with van der Waals surface area (Å²) in [6.07, 6.45) is -2.25. The van der Waals surface area contributed by atoms with Crippen molar-refractivity contribution >= 4 is 11.6 Å². The van der Waals surface area contributed by atoms with Crippen LogP contribution < -0.4 is 4.74 Å².